The molecule has 6 nitrogen and oxygen atoms in total. The fourth-order valence-corrected chi connectivity index (χ4v) is 2.97. The van der Waals surface area contributed by atoms with Crippen LogP contribution in [0.3, 0.4) is 0 Å². The lowest BCUT2D eigenvalue weighted by Crippen LogP contribution is -2.42. The number of carbonyl (C=O) groups is 2. The Morgan fingerprint density at radius 2 is 2.25 bits per heavy atom. The van der Waals surface area contributed by atoms with Crippen molar-refractivity contribution in [3.8, 4) is 5.00 Å². The summed E-state index contributed by atoms with van der Waals surface area (Å²) in [4.78, 5) is 22.9. The minimum absolute atomic E-state index is 0.173. The van der Waals surface area contributed by atoms with Gasteiger partial charge < -0.3 is 20.5 Å². The van der Waals surface area contributed by atoms with Crippen molar-refractivity contribution in [3.63, 3.8) is 0 Å². The van der Waals surface area contributed by atoms with Crippen LogP contribution in [0.1, 0.15) is 5.56 Å². The van der Waals surface area contributed by atoms with Crippen LogP contribution < -0.4 is 16.0 Å². The summed E-state index contributed by atoms with van der Waals surface area (Å²) in [6.07, 6.45) is 3.94. The fraction of sp³-hybridized carbons (Fsp3) is 0.231. The topological polar surface area (TPSA) is 75.2 Å². The summed E-state index contributed by atoms with van der Waals surface area (Å²) in [7, 11) is 0. The minimum Gasteiger partial charge on any atom is -0.350 e. The molecule has 0 bridgehead atoms. The lowest BCUT2D eigenvalue weighted by Gasteiger charge is -2.10. The molecule has 2 aromatic heterocycles. The van der Waals surface area contributed by atoms with Gasteiger partial charge in [0.2, 0.25) is 5.91 Å². The number of amides is 3. The van der Waals surface area contributed by atoms with E-state index in [1.165, 1.54) is 0 Å². The molecule has 0 aliphatic carbocycles. The van der Waals surface area contributed by atoms with E-state index in [-0.39, 0.29) is 11.9 Å². The van der Waals surface area contributed by atoms with Crippen LogP contribution in [0.5, 0.6) is 0 Å². The lowest BCUT2D eigenvalue weighted by atomic mass is 10.2. The summed E-state index contributed by atoms with van der Waals surface area (Å²) in [6.45, 7) is 0.779. The Balaban J connectivity index is 1.63. The predicted molar refractivity (Wildman–Crippen MR) is 75.8 cm³/mol. The number of carbonyl (C=O) groups excluding carboxylic acids is 2. The van der Waals surface area contributed by atoms with Crippen LogP contribution in [0, 0.1) is 0 Å². The second-order valence-electron chi connectivity index (χ2n) is 4.47. The van der Waals surface area contributed by atoms with Crippen LogP contribution in [0.25, 0.3) is 5.00 Å². The summed E-state index contributed by atoms with van der Waals surface area (Å²) >= 11 is 1.62. The molecule has 1 aliphatic rings. The zero-order chi connectivity index (χ0) is 13.9. The molecule has 1 unspecified atom stereocenters. The Morgan fingerprint density at radius 1 is 1.45 bits per heavy atom. The van der Waals surface area contributed by atoms with Gasteiger partial charge in [0, 0.05) is 31.0 Å². The highest BCUT2D eigenvalue weighted by Gasteiger charge is 2.26. The number of thiophene rings is 1. The molecule has 2 aromatic rings. The highest BCUT2D eigenvalue weighted by Crippen LogP contribution is 2.21. The third-order valence-corrected chi connectivity index (χ3v) is 4.07. The van der Waals surface area contributed by atoms with Crippen molar-refractivity contribution in [2.45, 2.75) is 12.6 Å². The van der Waals surface area contributed by atoms with Crippen molar-refractivity contribution in [2.24, 2.45) is 0 Å². The van der Waals surface area contributed by atoms with Gasteiger partial charge in [-0.15, -0.1) is 11.3 Å². The third-order valence-electron chi connectivity index (χ3n) is 3.10. The van der Waals surface area contributed by atoms with Crippen molar-refractivity contribution >= 4 is 23.3 Å². The number of aromatic nitrogens is 1. The molecule has 3 amide bonds. The molecule has 0 radical (unpaired) electrons. The van der Waals surface area contributed by atoms with Gasteiger partial charge in [-0.1, -0.05) is 0 Å². The minimum atomic E-state index is -0.490. The van der Waals surface area contributed by atoms with Gasteiger partial charge in [-0.25, -0.2) is 4.79 Å². The number of nitrogens with zero attached hydrogens (tertiary/aromatic N) is 1. The summed E-state index contributed by atoms with van der Waals surface area (Å²) in [6, 6.07) is 5.12. The maximum absolute atomic E-state index is 11.9. The second-order valence-corrected chi connectivity index (χ2v) is 5.36. The van der Waals surface area contributed by atoms with Gasteiger partial charge in [0.25, 0.3) is 0 Å². The average molecular weight is 290 g/mol. The first-order valence-corrected chi connectivity index (χ1v) is 7.14. The Morgan fingerprint density at radius 3 is 2.95 bits per heavy atom. The molecule has 1 aliphatic heterocycles. The summed E-state index contributed by atoms with van der Waals surface area (Å²) < 4.78 is 2.02. The van der Waals surface area contributed by atoms with Crippen molar-refractivity contribution in [2.75, 3.05) is 6.54 Å². The molecule has 0 spiro atoms. The highest BCUT2D eigenvalue weighted by atomic mass is 32.1. The maximum atomic E-state index is 11.9. The van der Waals surface area contributed by atoms with Gasteiger partial charge in [-0.05, 0) is 23.6 Å². The molecule has 0 aromatic carbocycles. The molecule has 7 heteroatoms. The van der Waals surface area contributed by atoms with E-state index >= 15 is 0 Å². The largest absolute Gasteiger partial charge is 0.350 e. The van der Waals surface area contributed by atoms with Crippen LogP contribution in [0.15, 0.2) is 36.0 Å². The van der Waals surface area contributed by atoms with Crippen LogP contribution >= 0.6 is 11.3 Å². The van der Waals surface area contributed by atoms with E-state index < -0.39 is 6.04 Å². The summed E-state index contributed by atoms with van der Waals surface area (Å²) in [5.74, 6) is -0.173. The molecule has 20 heavy (non-hydrogen) atoms. The van der Waals surface area contributed by atoms with Gasteiger partial charge in [0.15, 0.2) is 0 Å². The molecular weight excluding hydrogens is 276 g/mol. The molecule has 1 fully saturated rings. The third kappa shape index (κ3) is 2.53. The van der Waals surface area contributed by atoms with Gasteiger partial charge in [-0.3, -0.25) is 4.79 Å². The van der Waals surface area contributed by atoms with Gasteiger partial charge in [0.05, 0.1) is 0 Å². The zero-order valence-corrected chi connectivity index (χ0v) is 11.4. The monoisotopic (exact) mass is 290 g/mol. The van der Waals surface area contributed by atoms with E-state index in [2.05, 4.69) is 16.0 Å². The number of nitrogens with one attached hydrogen (secondary N) is 3. The summed E-state index contributed by atoms with van der Waals surface area (Å²) in [5, 5.41) is 11.1. The van der Waals surface area contributed by atoms with E-state index in [0.717, 1.165) is 10.6 Å². The normalized spacial score (nSPS) is 17.6. The van der Waals surface area contributed by atoms with E-state index in [1.807, 2.05) is 40.5 Å². The van der Waals surface area contributed by atoms with Crippen molar-refractivity contribution in [1.29, 1.82) is 0 Å². The quantitative estimate of drug-likeness (QED) is 0.780. The molecular formula is C13H14N4O2S. The Labute approximate surface area is 119 Å². The zero-order valence-electron chi connectivity index (χ0n) is 10.6. The maximum Gasteiger partial charge on any atom is 0.315 e. The van der Waals surface area contributed by atoms with Crippen molar-refractivity contribution in [3.05, 3.63) is 41.5 Å². The highest BCUT2D eigenvalue weighted by molar-refractivity contribution is 7.12. The molecule has 1 saturated heterocycles. The lowest BCUT2D eigenvalue weighted by molar-refractivity contribution is -0.122. The van der Waals surface area contributed by atoms with Gasteiger partial charge in [0.1, 0.15) is 11.0 Å². The van der Waals surface area contributed by atoms with Crippen LogP contribution in [0.2, 0.25) is 0 Å². The first kappa shape index (κ1) is 12.7. The number of urea groups is 1. The van der Waals surface area contributed by atoms with Crippen LogP contribution in [-0.4, -0.2) is 29.1 Å². The Kier molecular flexibility index (Phi) is 3.42. The fourth-order valence-electron chi connectivity index (χ4n) is 2.08. The number of rotatable bonds is 4. The Bertz CT molecular complexity index is 620. The summed E-state index contributed by atoms with van der Waals surface area (Å²) in [5.41, 5.74) is 1.05. The van der Waals surface area contributed by atoms with E-state index in [0.29, 0.717) is 13.1 Å². The number of hydrogen-bond acceptors (Lipinski definition) is 3. The van der Waals surface area contributed by atoms with E-state index in [1.54, 1.807) is 11.3 Å². The standard InChI is InChI=1S/C13H14N4O2S/c18-11(10-8-15-13(19)16-10)14-7-9-3-6-20-12(9)17-4-1-2-5-17/h1-6,10H,7-8H2,(H,14,18)(H2,15,16,19). The Hall–Kier alpha value is -2.28. The first-order chi connectivity index (χ1) is 9.74. The van der Waals surface area contributed by atoms with Crippen LogP contribution in [0.4, 0.5) is 4.79 Å². The van der Waals surface area contributed by atoms with E-state index in [4.69, 9.17) is 0 Å². The second kappa shape index (κ2) is 5.38. The van der Waals surface area contributed by atoms with Gasteiger partial charge >= 0.3 is 6.03 Å². The molecule has 1 atom stereocenters. The number of hydrogen-bond donors (Lipinski definition) is 3. The van der Waals surface area contributed by atoms with Crippen molar-refractivity contribution in [1.82, 2.24) is 20.5 Å². The predicted octanol–water partition coefficient (Wildman–Crippen LogP) is 0.836. The molecule has 3 heterocycles. The van der Waals surface area contributed by atoms with Gasteiger partial charge in [-0.2, -0.15) is 0 Å². The van der Waals surface area contributed by atoms with E-state index in [9.17, 15) is 9.59 Å². The molecule has 0 saturated carbocycles. The average Bonchev–Trinajstić information content (AvgIpc) is 3.16. The first-order valence-electron chi connectivity index (χ1n) is 6.26. The molecule has 104 valence electrons. The SMILES string of the molecule is O=C1NCC(C(=O)NCc2ccsc2-n2cccc2)N1. The molecule has 3 rings (SSSR count). The van der Waals surface area contributed by atoms with Crippen molar-refractivity contribution < 1.29 is 9.59 Å². The van der Waals surface area contributed by atoms with Crippen LogP contribution in [-0.2, 0) is 11.3 Å². The molecule has 3 N–H and O–H groups in total. The smallest absolute Gasteiger partial charge is 0.315 e.